The number of esters is 1. The minimum Gasteiger partial charge on any atom is -0.497 e. The molecule has 8 nitrogen and oxygen atoms in total. The topological polar surface area (TPSA) is 84.5 Å². The molecule has 0 amide bonds. The van der Waals surface area contributed by atoms with Gasteiger partial charge in [-0.25, -0.2) is 0 Å². The highest BCUT2D eigenvalue weighted by atomic mass is 16.8. The van der Waals surface area contributed by atoms with Crippen LogP contribution in [0.2, 0.25) is 0 Å². The molecule has 1 fully saturated rings. The number of carbonyl (C=O) groups excluding carboxylic acids is 1. The van der Waals surface area contributed by atoms with Crippen LogP contribution in [0.25, 0.3) is 0 Å². The van der Waals surface area contributed by atoms with Crippen molar-refractivity contribution >= 4 is 11.7 Å². The number of ether oxygens (including phenoxy) is 6. The smallest absolute Gasteiger partial charge is 0.311 e. The number of hydrogen-bond acceptors (Lipinski definition) is 8. The minimum absolute atomic E-state index is 0.307. The molecule has 2 rings (SSSR count). The molecule has 0 radical (unpaired) electrons. The maximum Gasteiger partial charge on any atom is 0.311 e. The quantitative estimate of drug-likeness (QED) is 0.509. The van der Waals surface area contributed by atoms with Crippen LogP contribution in [-0.2, 0) is 28.5 Å². The van der Waals surface area contributed by atoms with Gasteiger partial charge < -0.3 is 33.7 Å². The molecule has 1 saturated heterocycles. The summed E-state index contributed by atoms with van der Waals surface area (Å²) in [6.07, 6.45) is -0.128. The third-order valence-electron chi connectivity index (χ3n) is 5.38. The van der Waals surface area contributed by atoms with Gasteiger partial charge in [0.2, 0.25) is 0 Å². The van der Waals surface area contributed by atoms with Crippen molar-refractivity contribution in [2.24, 2.45) is 5.92 Å². The van der Waals surface area contributed by atoms with E-state index in [9.17, 15) is 4.79 Å². The normalized spacial score (nSPS) is 22.2. The molecule has 1 aromatic carbocycles. The SMILES string of the molecule is CC[C@H](C(=O)OC(C)(C)C)[C@H](Nc1ccc(OC)cc1)C1(C)O[C@@H](COC)[C@H](COC)O1. The number of methoxy groups -OCH3 is 3. The van der Waals surface area contributed by atoms with Crippen LogP contribution in [0.3, 0.4) is 0 Å². The molecule has 0 bridgehead atoms. The predicted molar refractivity (Wildman–Crippen MR) is 122 cm³/mol. The Morgan fingerprint density at radius 2 is 1.59 bits per heavy atom. The van der Waals surface area contributed by atoms with Gasteiger partial charge >= 0.3 is 5.97 Å². The Balaban J connectivity index is 2.40. The summed E-state index contributed by atoms with van der Waals surface area (Å²) in [6.45, 7) is 10.1. The molecule has 1 heterocycles. The van der Waals surface area contributed by atoms with E-state index in [4.69, 9.17) is 28.4 Å². The Morgan fingerprint density at radius 3 is 2.00 bits per heavy atom. The molecule has 1 N–H and O–H groups in total. The second kappa shape index (κ2) is 11.3. The maximum atomic E-state index is 13.2. The van der Waals surface area contributed by atoms with Crippen molar-refractivity contribution in [1.82, 2.24) is 0 Å². The molecule has 32 heavy (non-hydrogen) atoms. The lowest BCUT2D eigenvalue weighted by Crippen LogP contribution is -2.53. The average Bonchev–Trinajstić information content (AvgIpc) is 3.04. The lowest BCUT2D eigenvalue weighted by atomic mass is 9.90. The molecule has 1 aliphatic rings. The Morgan fingerprint density at radius 1 is 1.06 bits per heavy atom. The number of benzene rings is 1. The van der Waals surface area contributed by atoms with E-state index in [1.165, 1.54) is 0 Å². The van der Waals surface area contributed by atoms with E-state index in [0.717, 1.165) is 11.4 Å². The van der Waals surface area contributed by atoms with Gasteiger partial charge in [0.05, 0.1) is 32.3 Å². The van der Waals surface area contributed by atoms with Crippen LogP contribution < -0.4 is 10.1 Å². The van der Waals surface area contributed by atoms with Crippen molar-refractivity contribution < 1.29 is 33.2 Å². The van der Waals surface area contributed by atoms with Crippen LogP contribution in [0.15, 0.2) is 24.3 Å². The molecular weight excluding hydrogens is 414 g/mol. The van der Waals surface area contributed by atoms with Crippen molar-refractivity contribution in [3.05, 3.63) is 24.3 Å². The summed E-state index contributed by atoms with van der Waals surface area (Å²) in [4.78, 5) is 13.2. The van der Waals surface area contributed by atoms with Gasteiger partial charge in [-0.2, -0.15) is 0 Å². The summed E-state index contributed by atoms with van der Waals surface area (Å²) < 4.78 is 34.4. The van der Waals surface area contributed by atoms with Gasteiger partial charge in [-0.3, -0.25) is 4.79 Å². The number of nitrogens with one attached hydrogen (secondary N) is 1. The van der Waals surface area contributed by atoms with E-state index in [1.54, 1.807) is 21.3 Å². The van der Waals surface area contributed by atoms with Gasteiger partial charge in [-0.15, -0.1) is 0 Å². The first-order valence-corrected chi connectivity index (χ1v) is 11.0. The van der Waals surface area contributed by atoms with E-state index in [2.05, 4.69) is 5.32 Å². The first-order valence-electron chi connectivity index (χ1n) is 11.0. The van der Waals surface area contributed by atoms with Gasteiger partial charge in [0.1, 0.15) is 23.6 Å². The lowest BCUT2D eigenvalue weighted by Gasteiger charge is -2.39. The second-order valence-electron chi connectivity index (χ2n) is 9.14. The molecule has 1 aliphatic heterocycles. The fourth-order valence-electron chi connectivity index (χ4n) is 3.92. The summed E-state index contributed by atoms with van der Waals surface area (Å²) >= 11 is 0. The number of rotatable bonds is 11. The fraction of sp³-hybridized carbons (Fsp3) is 0.708. The van der Waals surface area contributed by atoms with Crippen molar-refractivity contribution in [2.45, 2.75) is 70.7 Å². The van der Waals surface area contributed by atoms with E-state index in [0.29, 0.717) is 19.6 Å². The van der Waals surface area contributed by atoms with Gasteiger partial charge in [0.25, 0.3) is 0 Å². The second-order valence-corrected chi connectivity index (χ2v) is 9.14. The molecule has 8 heteroatoms. The number of carbonyl (C=O) groups is 1. The summed E-state index contributed by atoms with van der Waals surface area (Å²) in [5.74, 6) is -1.21. The zero-order valence-corrected chi connectivity index (χ0v) is 20.6. The molecule has 1 aromatic rings. The predicted octanol–water partition coefficient (Wildman–Crippen LogP) is 3.64. The number of anilines is 1. The zero-order valence-electron chi connectivity index (χ0n) is 20.6. The lowest BCUT2D eigenvalue weighted by molar-refractivity contribution is -0.196. The third-order valence-corrected chi connectivity index (χ3v) is 5.38. The summed E-state index contributed by atoms with van der Waals surface area (Å²) in [5, 5.41) is 3.47. The monoisotopic (exact) mass is 453 g/mol. The molecule has 0 aromatic heterocycles. The van der Waals surface area contributed by atoms with Gasteiger partial charge in [-0.1, -0.05) is 6.92 Å². The molecule has 0 spiro atoms. The standard InChI is InChI=1S/C24H39NO7/c1-9-18(22(26)32-23(2,3)4)21(25-16-10-12-17(29-8)13-11-16)24(5)30-19(14-27-6)20(31-24)15-28-7/h10-13,18-21,25H,9,14-15H2,1-8H3/t18-,19-,20-,21-/m0/s1. The Hall–Kier alpha value is -1.87. The number of hydrogen-bond donors (Lipinski definition) is 1. The van der Waals surface area contributed by atoms with Crippen LogP contribution in [-0.4, -0.2) is 70.2 Å². The molecule has 4 atom stereocenters. The molecule has 182 valence electrons. The van der Waals surface area contributed by atoms with Crippen molar-refractivity contribution in [1.29, 1.82) is 0 Å². The highest BCUT2D eigenvalue weighted by molar-refractivity contribution is 5.74. The largest absolute Gasteiger partial charge is 0.497 e. The van der Waals surface area contributed by atoms with Crippen LogP contribution in [0.5, 0.6) is 5.75 Å². The zero-order chi connectivity index (χ0) is 23.9. The fourth-order valence-corrected chi connectivity index (χ4v) is 3.92. The highest BCUT2D eigenvalue weighted by Gasteiger charge is 2.53. The van der Waals surface area contributed by atoms with E-state index >= 15 is 0 Å². The third kappa shape index (κ3) is 6.81. The van der Waals surface area contributed by atoms with Crippen LogP contribution in [0.1, 0.15) is 41.0 Å². The van der Waals surface area contributed by atoms with Crippen LogP contribution >= 0.6 is 0 Å². The van der Waals surface area contributed by atoms with Gasteiger partial charge in [0.15, 0.2) is 5.79 Å². The molecule has 0 saturated carbocycles. The maximum absolute atomic E-state index is 13.2. The molecular formula is C24H39NO7. The summed E-state index contributed by atoms with van der Waals surface area (Å²) in [5.41, 5.74) is 0.203. The molecule has 0 unspecified atom stereocenters. The van der Waals surface area contributed by atoms with E-state index in [-0.39, 0.29) is 18.2 Å². The Labute approximate surface area is 191 Å². The average molecular weight is 454 g/mol. The van der Waals surface area contributed by atoms with Crippen molar-refractivity contribution in [2.75, 3.05) is 39.9 Å². The highest BCUT2D eigenvalue weighted by Crippen LogP contribution is 2.38. The van der Waals surface area contributed by atoms with Crippen molar-refractivity contribution in [3.63, 3.8) is 0 Å². The Kier molecular flexibility index (Phi) is 9.33. The van der Waals surface area contributed by atoms with Gasteiger partial charge in [0, 0.05) is 19.9 Å². The van der Waals surface area contributed by atoms with E-state index < -0.39 is 23.3 Å². The van der Waals surface area contributed by atoms with E-state index in [1.807, 2.05) is 58.9 Å². The van der Waals surface area contributed by atoms with Gasteiger partial charge in [-0.05, 0) is 58.4 Å². The molecule has 0 aliphatic carbocycles. The van der Waals surface area contributed by atoms with Crippen molar-refractivity contribution in [3.8, 4) is 5.75 Å². The Bertz CT molecular complexity index is 702. The van der Waals surface area contributed by atoms with Crippen LogP contribution in [0.4, 0.5) is 5.69 Å². The first-order chi connectivity index (χ1) is 15.1. The summed E-state index contributed by atoms with van der Waals surface area (Å²) in [6, 6.07) is 6.97. The van der Waals surface area contributed by atoms with Crippen LogP contribution in [0, 0.1) is 5.92 Å². The summed E-state index contributed by atoms with van der Waals surface area (Å²) in [7, 11) is 4.85. The first kappa shape index (κ1) is 26.4. The minimum atomic E-state index is -1.12.